The number of amides is 1. The van der Waals surface area contributed by atoms with Gasteiger partial charge in [0, 0.05) is 24.8 Å². The Hall–Kier alpha value is -3.40. The molecule has 4 heterocycles. The van der Waals surface area contributed by atoms with Gasteiger partial charge in [-0.1, -0.05) is 5.16 Å². The van der Waals surface area contributed by atoms with Crippen LogP contribution < -0.4 is 20.1 Å². The Morgan fingerprint density at radius 2 is 2.19 bits per heavy atom. The van der Waals surface area contributed by atoms with Crippen molar-refractivity contribution in [2.45, 2.75) is 19.6 Å². The molecule has 2 aliphatic heterocycles. The molecule has 3 aromatic rings. The molecule has 0 bridgehead atoms. The van der Waals surface area contributed by atoms with Crippen LogP contribution in [0.1, 0.15) is 22.1 Å². The summed E-state index contributed by atoms with van der Waals surface area (Å²) in [5.41, 5.74) is 1.10. The number of nitrogens with one attached hydrogen (secondary N) is 2. The summed E-state index contributed by atoms with van der Waals surface area (Å²) in [5.74, 6) is 2.63. The van der Waals surface area contributed by atoms with Crippen LogP contribution in [0.15, 0.2) is 28.9 Å². The molecule has 0 saturated carbocycles. The summed E-state index contributed by atoms with van der Waals surface area (Å²) in [6.45, 7) is 2.69. The van der Waals surface area contributed by atoms with Gasteiger partial charge in [0.05, 0.1) is 13.1 Å². The molecule has 0 aliphatic carbocycles. The Kier molecular flexibility index (Phi) is 3.75. The van der Waals surface area contributed by atoms with Crippen molar-refractivity contribution in [2.75, 3.05) is 13.3 Å². The normalized spacial score (nSPS) is 14.8. The highest BCUT2D eigenvalue weighted by atomic mass is 16.7. The number of hydrogen-bond acceptors (Lipinski definition) is 8. The summed E-state index contributed by atoms with van der Waals surface area (Å²) >= 11 is 0. The average molecular weight is 368 g/mol. The number of imidazole rings is 1. The first-order valence-electron chi connectivity index (χ1n) is 8.54. The van der Waals surface area contributed by atoms with Gasteiger partial charge >= 0.3 is 0 Å². The molecular formula is C17H16N6O4. The molecule has 138 valence electrons. The third kappa shape index (κ3) is 2.99. The average Bonchev–Trinajstić information content (AvgIpc) is 3.44. The smallest absolute Gasteiger partial charge is 0.271 e. The molecular weight excluding hydrogens is 352 g/mol. The molecule has 2 N–H and O–H groups in total. The zero-order chi connectivity index (χ0) is 18.2. The summed E-state index contributed by atoms with van der Waals surface area (Å²) < 4.78 is 17.9. The van der Waals surface area contributed by atoms with Crippen molar-refractivity contribution in [3.63, 3.8) is 0 Å². The van der Waals surface area contributed by atoms with Crippen LogP contribution in [0.2, 0.25) is 0 Å². The molecule has 10 heteroatoms. The van der Waals surface area contributed by atoms with E-state index in [1.807, 2.05) is 10.6 Å². The highest BCUT2D eigenvalue weighted by Gasteiger charge is 2.19. The van der Waals surface area contributed by atoms with Gasteiger partial charge in [0.2, 0.25) is 6.79 Å². The van der Waals surface area contributed by atoms with E-state index in [2.05, 4.69) is 25.8 Å². The van der Waals surface area contributed by atoms with Crippen LogP contribution in [0.4, 0.5) is 0 Å². The number of ether oxygens (including phenoxy) is 2. The lowest BCUT2D eigenvalue weighted by Gasteiger charge is -2.13. The van der Waals surface area contributed by atoms with E-state index in [0.717, 1.165) is 24.5 Å². The van der Waals surface area contributed by atoms with E-state index in [1.54, 1.807) is 18.3 Å². The van der Waals surface area contributed by atoms with E-state index in [1.165, 1.54) is 0 Å². The van der Waals surface area contributed by atoms with Gasteiger partial charge in [0.15, 0.2) is 17.3 Å². The monoisotopic (exact) mass is 368 g/mol. The number of carbonyl (C=O) groups is 1. The van der Waals surface area contributed by atoms with Gasteiger partial charge in [0.1, 0.15) is 11.5 Å². The Balaban J connectivity index is 1.25. The van der Waals surface area contributed by atoms with Crippen LogP contribution in [0.25, 0.3) is 11.5 Å². The van der Waals surface area contributed by atoms with Crippen LogP contribution in [-0.2, 0) is 19.6 Å². The quantitative estimate of drug-likeness (QED) is 0.691. The SMILES string of the molecule is O=C(NCc1noc(-c2ccc3c(c2)OCO3)n1)c1cn2c(n1)CNCC2. The van der Waals surface area contributed by atoms with Gasteiger partial charge in [-0.15, -0.1) is 0 Å². The summed E-state index contributed by atoms with van der Waals surface area (Å²) in [5, 5.41) is 9.89. The minimum atomic E-state index is -0.272. The molecule has 2 aliphatic rings. The Morgan fingerprint density at radius 3 is 3.11 bits per heavy atom. The largest absolute Gasteiger partial charge is 0.454 e. The minimum Gasteiger partial charge on any atom is -0.454 e. The second kappa shape index (κ2) is 6.40. The maximum Gasteiger partial charge on any atom is 0.271 e. The van der Waals surface area contributed by atoms with E-state index in [0.29, 0.717) is 35.5 Å². The van der Waals surface area contributed by atoms with Gasteiger partial charge in [-0.25, -0.2) is 4.98 Å². The lowest BCUT2D eigenvalue weighted by Crippen LogP contribution is -2.27. The van der Waals surface area contributed by atoms with E-state index in [9.17, 15) is 4.79 Å². The third-order valence-corrected chi connectivity index (χ3v) is 4.40. The van der Waals surface area contributed by atoms with E-state index >= 15 is 0 Å². The molecule has 27 heavy (non-hydrogen) atoms. The van der Waals surface area contributed by atoms with E-state index < -0.39 is 0 Å². The number of carbonyl (C=O) groups excluding carboxylic acids is 1. The van der Waals surface area contributed by atoms with Crippen molar-refractivity contribution in [2.24, 2.45) is 0 Å². The topological polar surface area (TPSA) is 116 Å². The maximum absolute atomic E-state index is 12.3. The number of benzene rings is 1. The zero-order valence-corrected chi connectivity index (χ0v) is 14.3. The van der Waals surface area contributed by atoms with Gasteiger partial charge in [-0.05, 0) is 18.2 Å². The zero-order valence-electron chi connectivity index (χ0n) is 14.3. The summed E-state index contributed by atoms with van der Waals surface area (Å²) in [4.78, 5) is 21.0. The molecule has 0 saturated heterocycles. The fourth-order valence-electron chi connectivity index (χ4n) is 3.02. The third-order valence-electron chi connectivity index (χ3n) is 4.40. The van der Waals surface area contributed by atoms with Crippen molar-refractivity contribution in [3.8, 4) is 23.0 Å². The van der Waals surface area contributed by atoms with Crippen molar-refractivity contribution >= 4 is 5.91 Å². The molecule has 2 aromatic heterocycles. The van der Waals surface area contributed by atoms with Gasteiger partial charge < -0.3 is 29.2 Å². The highest BCUT2D eigenvalue weighted by molar-refractivity contribution is 5.92. The maximum atomic E-state index is 12.3. The van der Waals surface area contributed by atoms with Crippen LogP contribution in [0, 0.1) is 0 Å². The van der Waals surface area contributed by atoms with Crippen LogP contribution in [0.5, 0.6) is 11.5 Å². The van der Waals surface area contributed by atoms with Crippen molar-refractivity contribution < 1.29 is 18.8 Å². The molecule has 1 aromatic carbocycles. The molecule has 0 fully saturated rings. The standard InChI is InChI=1S/C17H16N6O4/c24-16(11-8-23-4-3-18-7-15(23)20-11)19-6-14-21-17(27-22-14)10-1-2-12-13(5-10)26-9-25-12/h1-2,5,8,18H,3-4,6-7,9H2,(H,19,24). The number of fused-ring (bicyclic) bond motifs is 2. The fourth-order valence-corrected chi connectivity index (χ4v) is 3.02. The number of aromatic nitrogens is 4. The van der Waals surface area contributed by atoms with Gasteiger partial charge in [0.25, 0.3) is 11.8 Å². The van der Waals surface area contributed by atoms with Gasteiger partial charge in [-0.3, -0.25) is 4.79 Å². The second-order valence-electron chi connectivity index (χ2n) is 6.18. The van der Waals surface area contributed by atoms with Crippen LogP contribution in [0.3, 0.4) is 0 Å². The molecule has 0 unspecified atom stereocenters. The first-order valence-corrected chi connectivity index (χ1v) is 8.54. The van der Waals surface area contributed by atoms with Crippen molar-refractivity contribution in [3.05, 3.63) is 41.7 Å². The molecule has 10 nitrogen and oxygen atoms in total. The number of rotatable bonds is 4. The Bertz CT molecular complexity index is 987. The van der Waals surface area contributed by atoms with E-state index in [-0.39, 0.29) is 19.2 Å². The first-order chi connectivity index (χ1) is 13.3. The Morgan fingerprint density at radius 1 is 1.26 bits per heavy atom. The predicted octanol–water partition coefficient (Wildman–Crippen LogP) is 0.695. The van der Waals surface area contributed by atoms with Crippen molar-refractivity contribution in [1.29, 1.82) is 0 Å². The lowest BCUT2D eigenvalue weighted by molar-refractivity contribution is 0.0945. The highest BCUT2D eigenvalue weighted by Crippen LogP contribution is 2.35. The summed E-state index contributed by atoms with van der Waals surface area (Å²) in [7, 11) is 0. The molecule has 5 rings (SSSR count). The molecule has 0 spiro atoms. The molecule has 0 radical (unpaired) electrons. The second-order valence-corrected chi connectivity index (χ2v) is 6.18. The summed E-state index contributed by atoms with van der Waals surface area (Å²) in [6.07, 6.45) is 1.76. The van der Waals surface area contributed by atoms with Crippen molar-refractivity contribution in [1.82, 2.24) is 30.3 Å². The number of nitrogens with zero attached hydrogens (tertiary/aromatic N) is 4. The van der Waals surface area contributed by atoms with Crippen LogP contribution in [-0.4, -0.2) is 38.9 Å². The minimum absolute atomic E-state index is 0.146. The van der Waals surface area contributed by atoms with E-state index in [4.69, 9.17) is 14.0 Å². The molecule has 1 amide bonds. The predicted molar refractivity (Wildman–Crippen MR) is 91.0 cm³/mol. The number of hydrogen-bond donors (Lipinski definition) is 2. The lowest BCUT2D eigenvalue weighted by atomic mass is 10.2. The van der Waals surface area contributed by atoms with Gasteiger partial charge in [-0.2, -0.15) is 4.98 Å². The van der Waals surface area contributed by atoms with Crippen LogP contribution >= 0.6 is 0 Å². The summed E-state index contributed by atoms with van der Waals surface area (Å²) in [6, 6.07) is 5.38. The fraction of sp³-hybridized carbons (Fsp3) is 0.294. The first kappa shape index (κ1) is 15.8. The Labute approximate surface area is 153 Å². The molecule has 0 atom stereocenters.